The van der Waals surface area contributed by atoms with Crippen molar-refractivity contribution in [3.63, 3.8) is 0 Å². The van der Waals surface area contributed by atoms with E-state index in [2.05, 4.69) is 5.32 Å². The van der Waals surface area contributed by atoms with Gasteiger partial charge < -0.3 is 10.1 Å². The summed E-state index contributed by atoms with van der Waals surface area (Å²) >= 11 is 0. The maximum Gasteiger partial charge on any atom is 0.333 e. The molecule has 20 heavy (non-hydrogen) atoms. The fourth-order valence-corrected chi connectivity index (χ4v) is 2.04. The predicted octanol–water partition coefficient (Wildman–Crippen LogP) is 1.82. The molecule has 1 aliphatic heterocycles. The molecule has 0 saturated carbocycles. The highest BCUT2D eigenvalue weighted by molar-refractivity contribution is 6.01. The zero-order valence-electron chi connectivity index (χ0n) is 11.1. The molecule has 2 amide bonds. The molecule has 0 radical (unpaired) electrons. The first-order valence-corrected chi connectivity index (χ1v) is 6.09. The van der Waals surface area contributed by atoms with Gasteiger partial charge in [0, 0.05) is 6.07 Å². The SMILES string of the molecule is CCOC(=O)C1(C)CN(c2cc(F)cc(F)c2)C(=O)N1. The first kappa shape index (κ1) is 14.2. The van der Waals surface area contributed by atoms with Crippen LogP contribution in [0.2, 0.25) is 0 Å². The molecule has 1 aromatic carbocycles. The maximum atomic E-state index is 13.2. The van der Waals surface area contributed by atoms with Crippen LogP contribution in [-0.2, 0) is 9.53 Å². The molecular weight excluding hydrogens is 270 g/mol. The summed E-state index contributed by atoms with van der Waals surface area (Å²) in [6.07, 6.45) is 0. The summed E-state index contributed by atoms with van der Waals surface area (Å²) < 4.78 is 31.3. The number of anilines is 1. The molecule has 0 aliphatic carbocycles. The predicted molar refractivity (Wildman–Crippen MR) is 67.3 cm³/mol. The molecule has 0 spiro atoms. The number of hydrogen-bond acceptors (Lipinski definition) is 3. The molecule has 1 unspecified atom stereocenters. The lowest BCUT2D eigenvalue weighted by molar-refractivity contribution is -0.149. The fraction of sp³-hybridized carbons (Fsp3) is 0.385. The Morgan fingerprint density at radius 3 is 2.55 bits per heavy atom. The van der Waals surface area contributed by atoms with E-state index in [0.29, 0.717) is 6.07 Å². The zero-order chi connectivity index (χ0) is 14.9. The van der Waals surface area contributed by atoms with Crippen molar-refractivity contribution >= 4 is 17.7 Å². The Morgan fingerprint density at radius 2 is 2.00 bits per heavy atom. The summed E-state index contributed by atoms with van der Waals surface area (Å²) in [5.74, 6) is -2.18. The molecule has 7 heteroatoms. The van der Waals surface area contributed by atoms with Crippen molar-refractivity contribution in [3.8, 4) is 0 Å². The third-order valence-electron chi connectivity index (χ3n) is 2.99. The van der Waals surface area contributed by atoms with Gasteiger partial charge in [-0.2, -0.15) is 0 Å². The van der Waals surface area contributed by atoms with Gasteiger partial charge in [0.1, 0.15) is 11.6 Å². The average molecular weight is 284 g/mol. The first-order chi connectivity index (χ1) is 9.35. The lowest BCUT2D eigenvalue weighted by Crippen LogP contribution is -2.49. The van der Waals surface area contributed by atoms with E-state index < -0.39 is 29.2 Å². The Hall–Kier alpha value is -2.18. The molecule has 108 valence electrons. The third-order valence-corrected chi connectivity index (χ3v) is 2.99. The van der Waals surface area contributed by atoms with Crippen LogP contribution in [-0.4, -0.2) is 30.7 Å². The summed E-state index contributed by atoms with van der Waals surface area (Å²) in [6.45, 7) is 3.27. The minimum absolute atomic E-state index is 0.0491. The molecule has 1 fully saturated rings. The molecule has 2 rings (SSSR count). The highest BCUT2D eigenvalue weighted by Crippen LogP contribution is 2.25. The van der Waals surface area contributed by atoms with Crippen LogP contribution < -0.4 is 10.2 Å². The molecule has 0 bridgehead atoms. The zero-order valence-corrected chi connectivity index (χ0v) is 11.1. The number of hydrogen-bond donors (Lipinski definition) is 1. The van der Waals surface area contributed by atoms with E-state index in [1.807, 2.05) is 0 Å². The molecule has 5 nitrogen and oxygen atoms in total. The van der Waals surface area contributed by atoms with Crippen LogP contribution in [0, 0.1) is 11.6 Å². The van der Waals surface area contributed by atoms with Crippen molar-refractivity contribution in [2.75, 3.05) is 18.1 Å². The second-order valence-corrected chi connectivity index (χ2v) is 4.70. The van der Waals surface area contributed by atoms with Gasteiger partial charge >= 0.3 is 12.0 Å². The Balaban J connectivity index is 2.27. The maximum absolute atomic E-state index is 13.2. The van der Waals surface area contributed by atoms with Crippen LogP contribution in [0.3, 0.4) is 0 Å². The number of rotatable bonds is 3. The summed E-state index contributed by atoms with van der Waals surface area (Å²) in [5, 5.41) is 2.47. The van der Waals surface area contributed by atoms with Crippen molar-refractivity contribution in [2.45, 2.75) is 19.4 Å². The smallest absolute Gasteiger partial charge is 0.333 e. The van der Waals surface area contributed by atoms with E-state index in [4.69, 9.17) is 4.74 Å². The topological polar surface area (TPSA) is 58.6 Å². The van der Waals surface area contributed by atoms with E-state index in [1.165, 1.54) is 6.92 Å². The van der Waals surface area contributed by atoms with Crippen molar-refractivity contribution in [1.29, 1.82) is 0 Å². The summed E-state index contributed by atoms with van der Waals surface area (Å²) in [6, 6.07) is 2.16. The normalized spacial score (nSPS) is 21.8. The number of esters is 1. The van der Waals surface area contributed by atoms with E-state index >= 15 is 0 Å². The van der Waals surface area contributed by atoms with Gasteiger partial charge in [-0.15, -0.1) is 0 Å². The first-order valence-electron chi connectivity index (χ1n) is 6.09. The van der Waals surface area contributed by atoms with Crippen molar-refractivity contribution in [1.82, 2.24) is 5.32 Å². The van der Waals surface area contributed by atoms with Crippen LogP contribution >= 0.6 is 0 Å². The van der Waals surface area contributed by atoms with Gasteiger partial charge in [0.15, 0.2) is 5.54 Å². The molecule has 1 aliphatic rings. The number of amides is 2. The number of nitrogens with one attached hydrogen (secondary N) is 1. The highest BCUT2D eigenvalue weighted by atomic mass is 19.1. The van der Waals surface area contributed by atoms with E-state index in [1.54, 1.807) is 6.92 Å². The van der Waals surface area contributed by atoms with E-state index in [-0.39, 0.29) is 18.8 Å². The van der Waals surface area contributed by atoms with Crippen LogP contribution in [0.4, 0.5) is 19.3 Å². The van der Waals surface area contributed by atoms with Gasteiger partial charge in [-0.05, 0) is 26.0 Å². The minimum Gasteiger partial charge on any atom is -0.464 e. The van der Waals surface area contributed by atoms with Gasteiger partial charge in [-0.25, -0.2) is 18.4 Å². The third kappa shape index (κ3) is 2.56. The van der Waals surface area contributed by atoms with Gasteiger partial charge in [0.05, 0.1) is 18.8 Å². The van der Waals surface area contributed by atoms with Gasteiger partial charge in [-0.1, -0.05) is 0 Å². The van der Waals surface area contributed by atoms with Crippen molar-refractivity contribution in [2.24, 2.45) is 0 Å². The lowest BCUT2D eigenvalue weighted by Gasteiger charge is -2.21. The highest BCUT2D eigenvalue weighted by Gasteiger charge is 2.46. The Bertz CT molecular complexity index is 544. The molecule has 1 atom stereocenters. The molecule has 0 aromatic heterocycles. The van der Waals surface area contributed by atoms with Gasteiger partial charge in [0.2, 0.25) is 0 Å². The largest absolute Gasteiger partial charge is 0.464 e. The number of carbonyl (C=O) groups is 2. The molecule has 1 saturated heterocycles. The second-order valence-electron chi connectivity index (χ2n) is 4.70. The van der Waals surface area contributed by atoms with Gasteiger partial charge in [0.25, 0.3) is 0 Å². The summed E-state index contributed by atoms with van der Waals surface area (Å²) in [4.78, 5) is 24.8. The fourth-order valence-electron chi connectivity index (χ4n) is 2.04. The van der Waals surface area contributed by atoms with Crippen LogP contribution in [0.25, 0.3) is 0 Å². The standard InChI is InChI=1S/C13H14F2N2O3/c1-3-20-11(18)13(2)7-17(12(19)16-13)10-5-8(14)4-9(15)6-10/h4-6H,3,7H2,1-2H3,(H,16,19). The van der Waals surface area contributed by atoms with E-state index in [0.717, 1.165) is 17.0 Å². The van der Waals surface area contributed by atoms with Crippen molar-refractivity contribution in [3.05, 3.63) is 29.8 Å². The monoisotopic (exact) mass is 284 g/mol. The van der Waals surface area contributed by atoms with Crippen LogP contribution in [0.1, 0.15) is 13.8 Å². The number of halogens is 2. The van der Waals surface area contributed by atoms with E-state index in [9.17, 15) is 18.4 Å². The number of ether oxygens (including phenoxy) is 1. The number of benzene rings is 1. The second kappa shape index (κ2) is 5.07. The summed E-state index contributed by atoms with van der Waals surface area (Å²) in [5.41, 5.74) is -1.19. The average Bonchev–Trinajstić information content (AvgIpc) is 2.65. The Labute approximate surface area is 114 Å². The Kier molecular flexibility index (Phi) is 3.61. The van der Waals surface area contributed by atoms with Crippen molar-refractivity contribution < 1.29 is 23.1 Å². The molecule has 1 N–H and O–H groups in total. The minimum atomic E-state index is -1.24. The Morgan fingerprint density at radius 1 is 1.40 bits per heavy atom. The molecule has 1 aromatic rings. The summed E-state index contributed by atoms with van der Waals surface area (Å²) in [7, 11) is 0. The van der Waals surface area contributed by atoms with Crippen LogP contribution in [0.15, 0.2) is 18.2 Å². The van der Waals surface area contributed by atoms with Gasteiger partial charge in [-0.3, -0.25) is 4.90 Å². The quantitative estimate of drug-likeness (QED) is 0.861. The lowest BCUT2D eigenvalue weighted by atomic mass is 10.0. The number of nitrogens with zero attached hydrogens (tertiary/aromatic N) is 1. The number of carbonyl (C=O) groups excluding carboxylic acids is 2. The molecular formula is C13H14F2N2O3. The van der Waals surface area contributed by atoms with Crippen LogP contribution in [0.5, 0.6) is 0 Å². The number of urea groups is 1. The molecule has 1 heterocycles.